The van der Waals surface area contributed by atoms with Crippen molar-refractivity contribution in [3.8, 4) is 5.75 Å². The van der Waals surface area contributed by atoms with E-state index >= 15 is 0 Å². The van der Waals surface area contributed by atoms with Crippen molar-refractivity contribution < 1.29 is 17.9 Å². The number of nitrogens with zero attached hydrogens (tertiary/aromatic N) is 1. The molecule has 1 aromatic carbocycles. The van der Waals surface area contributed by atoms with Crippen LogP contribution in [0, 0.1) is 5.92 Å². The molecule has 0 bridgehead atoms. The van der Waals surface area contributed by atoms with E-state index in [1.165, 1.54) is 26.2 Å². The molecule has 7 nitrogen and oxygen atoms in total. The lowest BCUT2D eigenvalue weighted by Crippen LogP contribution is -2.34. The maximum absolute atomic E-state index is 12.4. The summed E-state index contributed by atoms with van der Waals surface area (Å²) in [6.07, 6.45) is 0. The first-order valence-electron chi connectivity index (χ1n) is 7.37. The minimum Gasteiger partial charge on any atom is -0.492 e. The summed E-state index contributed by atoms with van der Waals surface area (Å²) in [7, 11) is -0.814. The summed E-state index contributed by atoms with van der Waals surface area (Å²) in [6, 6.07) is 4.23. The number of benzene rings is 1. The molecule has 1 aromatic rings. The molecule has 1 rings (SSSR count). The van der Waals surface area contributed by atoms with E-state index in [1.54, 1.807) is 26.8 Å². The van der Waals surface area contributed by atoms with E-state index in [2.05, 4.69) is 5.32 Å². The minimum absolute atomic E-state index is 0.00981. The van der Waals surface area contributed by atoms with Crippen LogP contribution in [0.25, 0.3) is 0 Å². The molecule has 3 N–H and O–H groups in total. The minimum atomic E-state index is -3.69. The number of nitrogens with two attached hydrogens (primary N) is 1. The van der Waals surface area contributed by atoms with Gasteiger partial charge in [0.05, 0.1) is 12.5 Å². The molecule has 0 spiro atoms. The number of amides is 1. The average molecular weight is 343 g/mol. The second-order valence-electron chi connectivity index (χ2n) is 5.52. The number of ether oxygens (including phenoxy) is 1. The Hall–Kier alpha value is -1.64. The Morgan fingerprint density at radius 2 is 1.96 bits per heavy atom. The van der Waals surface area contributed by atoms with Gasteiger partial charge in [-0.2, -0.15) is 0 Å². The van der Waals surface area contributed by atoms with E-state index < -0.39 is 15.9 Å². The van der Waals surface area contributed by atoms with Gasteiger partial charge in [-0.3, -0.25) is 4.79 Å². The van der Waals surface area contributed by atoms with E-state index in [4.69, 9.17) is 10.5 Å². The van der Waals surface area contributed by atoms with Crippen LogP contribution in [0.5, 0.6) is 5.75 Å². The van der Waals surface area contributed by atoms with Crippen LogP contribution >= 0.6 is 0 Å². The number of carbonyl (C=O) groups excluding carboxylic acids is 1. The van der Waals surface area contributed by atoms with Gasteiger partial charge in [-0.05, 0) is 32.0 Å². The van der Waals surface area contributed by atoms with Crippen molar-refractivity contribution in [2.24, 2.45) is 11.7 Å². The van der Waals surface area contributed by atoms with Gasteiger partial charge < -0.3 is 15.8 Å². The molecule has 0 radical (unpaired) electrons. The molecule has 23 heavy (non-hydrogen) atoms. The van der Waals surface area contributed by atoms with Crippen molar-refractivity contribution >= 4 is 21.6 Å². The summed E-state index contributed by atoms with van der Waals surface area (Å²) in [4.78, 5) is 12.1. The Morgan fingerprint density at radius 3 is 2.43 bits per heavy atom. The monoisotopic (exact) mass is 343 g/mol. The van der Waals surface area contributed by atoms with Gasteiger partial charge >= 0.3 is 0 Å². The third kappa shape index (κ3) is 4.66. The standard InChI is InChI=1S/C15H25N3O4S/c1-6-22-13-8-7-12(17-15(19)10(2)11(3)16)9-14(13)23(20,21)18(4)5/h7-11H,6,16H2,1-5H3,(H,17,19). The number of hydrogen-bond donors (Lipinski definition) is 2. The predicted molar refractivity (Wildman–Crippen MR) is 89.9 cm³/mol. The first-order chi connectivity index (χ1) is 10.6. The summed E-state index contributed by atoms with van der Waals surface area (Å²) < 4.78 is 31.3. The van der Waals surface area contributed by atoms with E-state index in [9.17, 15) is 13.2 Å². The van der Waals surface area contributed by atoms with Crippen LogP contribution in [0.15, 0.2) is 23.1 Å². The number of carbonyl (C=O) groups is 1. The number of sulfonamides is 1. The highest BCUT2D eigenvalue weighted by Gasteiger charge is 2.24. The van der Waals surface area contributed by atoms with Crippen LogP contribution in [0.2, 0.25) is 0 Å². The van der Waals surface area contributed by atoms with Gasteiger partial charge in [0, 0.05) is 25.8 Å². The number of rotatable bonds is 7. The second-order valence-corrected chi connectivity index (χ2v) is 7.64. The Kier molecular flexibility index (Phi) is 6.55. The summed E-state index contributed by atoms with van der Waals surface area (Å²) >= 11 is 0. The lowest BCUT2D eigenvalue weighted by Gasteiger charge is -2.18. The van der Waals surface area contributed by atoms with Crippen LogP contribution < -0.4 is 15.8 Å². The number of anilines is 1. The summed E-state index contributed by atoms with van der Waals surface area (Å²) in [5, 5.41) is 2.69. The average Bonchev–Trinajstić information content (AvgIpc) is 2.47. The lowest BCUT2D eigenvalue weighted by molar-refractivity contribution is -0.119. The molecule has 1 amide bonds. The maximum atomic E-state index is 12.4. The fourth-order valence-electron chi connectivity index (χ4n) is 1.75. The molecule has 2 unspecified atom stereocenters. The van der Waals surface area contributed by atoms with Crippen molar-refractivity contribution in [2.45, 2.75) is 31.7 Å². The normalized spacial score (nSPS) is 14.4. The van der Waals surface area contributed by atoms with Crippen molar-refractivity contribution in [3.63, 3.8) is 0 Å². The third-order valence-corrected chi connectivity index (χ3v) is 5.31. The molecular weight excluding hydrogens is 318 g/mol. The lowest BCUT2D eigenvalue weighted by atomic mass is 10.0. The van der Waals surface area contributed by atoms with E-state index in [0.29, 0.717) is 12.3 Å². The molecule has 0 saturated heterocycles. The topological polar surface area (TPSA) is 102 Å². The largest absolute Gasteiger partial charge is 0.492 e. The van der Waals surface area contributed by atoms with Gasteiger partial charge in [0.1, 0.15) is 10.6 Å². The molecule has 0 aliphatic carbocycles. The van der Waals surface area contributed by atoms with Crippen molar-refractivity contribution in [1.82, 2.24) is 4.31 Å². The van der Waals surface area contributed by atoms with Crippen LogP contribution in [-0.4, -0.2) is 45.4 Å². The zero-order valence-electron chi connectivity index (χ0n) is 14.2. The first-order valence-corrected chi connectivity index (χ1v) is 8.81. The highest BCUT2D eigenvalue weighted by atomic mass is 32.2. The zero-order valence-corrected chi connectivity index (χ0v) is 15.0. The predicted octanol–water partition coefficient (Wildman–Crippen LogP) is 1.26. The second kappa shape index (κ2) is 7.76. The van der Waals surface area contributed by atoms with Crippen LogP contribution in [0.1, 0.15) is 20.8 Å². The van der Waals surface area contributed by atoms with Gasteiger partial charge in [-0.15, -0.1) is 0 Å². The third-order valence-electron chi connectivity index (χ3n) is 3.47. The molecule has 0 aliphatic heterocycles. The molecule has 0 fully saturated rings. The Labute approximate surface area is 137 Å². The van der Waals surface area contributed by atoms with Gasteiger partial charge in [0.2, 0.25) is 15.9 Å². The highest BCUT2D eigenvalue weighted by molar-refractivity contribution is 7.89. The fraction of sp³-hybridized carbons (Fsp3) is 0.533. The quantitative estimate of drug-likeness (QED) is 0.776. The summed E-state index contributed by atoms with van der Waals surface area (Å²) in [5.41, 5.74) is 6.09. The zero-order chi connectivity index (χ0) is 17.8. The molecule has 8 heteroatoms. The summed E-state index contributed by atoms with van der Waals surface area (Å²) in [5.74, 6) is -0.410. The molecule has 130 valence electrons. The summed E-state index contributed by atoms with van der Waals surface area (Å²) in [6.45, 7) is 5.56. The van der Waals surface area contributed by atoms with Gasteiger partial charge in [0.25, 0.3) is 0 Å². The van der Waals surface area contributed by atoms with E-state index in [0.717, 1.165) is 4.31 Å². The number of nitrogens with one attached hydrogen (secondary N) is 1. The van der Waals surface area contributed by atoms with Gasteiger partial charge in [-0.1, -0.05) is 6.92 Å². The highest BCUT2D eigenvalue weighted by Crippen LogP contribution is 2.29. The Bertz CT molecular complexity index is 657. The van der Waals surface area contributed by atoms with Gasteiger partial charge in [-0.25, -0.2) is 12.7 Å². The molecule has 0 saturated carbocycles. The maximum Gasteiger partial charge on any atom is 0.246 e. The van der Waals surface area contributed by atoms with Crippen LogP contribution in [0.4, 0.5) is 5.69 Å². The Morgan fingerprint density at radius 1 is 1.35 bits per heavy atom. The van der Waals surface area contributed by atoms with E-state index in [-0.39, 0.29) is 22.6 Å². The van der Waals surface area contributed by atoms with Crippen LogP contribution in [0.3, 0.4) is 0 Å². The van der Waals surface area contributed by atoms with Crippen LogP contribution in [-0.2, 0) is 14.8 Å². The fourth-order valence-corrected chi connectivity index (χ4v) is 2.80. The van der Waals surface area contributed by atoms with Gasteiger partial charge in [0.15, 0.2) is 0 Å². The molecule has 0 aromatic heterocycles. The van der Waals surface area contributed by atoms with Crippen molar-refractivity contribution in [1.29, 1.82) is 0 Å². The van der Waals surface area contributed by atoms with Crippen molar-refractivity contribution in [2.75, 3.05) is 26.0 Å². The molecular formula is C15H25N3O4S. The SMILES string of the molecule is CCOc1ccc(NC(=O)C(C)C(C)N)cc1S(=O)(=O)N(C)C. The number of hydrogen-bond acceptors (Lipinski definition) is 5. The molecule has 2 atom stereocenters. The Balaban J connectivity index is 3.22. The van der Waals surface area contributed by atoms with Crippen molar-refractivity contribution in [3.05, 3.63) is 18.2 Å². The smallest absolute Gasteiger partial charge is 0.246 e. The van der Waals surface area contributed by atoms with E-state index in [1.807, 2.05) is 0 Å². The first kappa shape index (κ1) is 19.4. The molecule has 0 aliphatic rings. The molecule has 0 heterocycles.